The highest BCUT2D eigenvalue weighted by atomic mass is 35.5. The minimum absolute atomic E-state index is 0.312. The second-order valence-electron chi connectivity index (χ2n) is 7.85. The first-order valence-corrected chi connectivity index (χ1v) is 11.0. The van der Waals surface area contributed by atoms with Crippen LogP contribution >= 0.6 is 11.6 Å². The molecule has 0 aliphatic carbocycles. The lowest BCUT2D eigenvalue weighted by Gasteiger charge is -2.15. The van der Waals surface area contributed by atoms with Gasteiger partial charge in [-0.15, -0.1) is 5.10 Å². The topological polar surface area (TPSA) is 84.9 Å². The minimum Gasteiger partial charge on any atom is -0.383 e. The Morgan fingerprint density at radius 3 is 2.44 bits per heavy atom. The Morgan fingerprint density at radius 1 is 1.00 bits per heavy atom. The van der Waals surface area contributed by atoms with Gasteiger partial charge < -0.3 is 16.0 Å². The maximum absolute atomic E-state index is 13.5. The van der Waals surface area contributed by atoms with Gasteiger partial charge in [-0.3, -0.25) is 0 Å². The van der Waals surface area contributed by atoms with Crippen molar-refractivity contribution in [3.63, 3.8) is 0 Å². The average molecular weight is 452 g/mol. The van der Waals surface area contributed by atoms with E-state index in [1.165, 1.54) is 25.0 Å². The fourth-order valence-electron chi connectivity index (χ4n) is 4.02. The first-order chi connectivity index (χ1) is 15.6. The number of nitrogens with zero attached hydrogens (tertiary/aromatic N) is 5. The SMILES string of the molecule is Nc1c2c(-c3ccc(F)cc3)nc(NCCN3CCCC3)nc2nn1-c1ccc(Cl)cc1. The number of nitrogens with two attached hydrogens (primary N) is 1. The number of hydrogen-bond donors (Lipinski definition) is 2. The molecule has 0 atom stereocenters. The molecule has 0 spiro atoms. The van der Waals surface area contributed by atoms with E-state index in [2.05, 4.69) is 20.3 Å². The fraction of sp³-hybridized carbons (Fsp3) is 0.261. The highest BCUT2D eigenvalue weighted by Crippen LogP contribution is 2.33. The second-order valence-corrected chi connectivity index (χ2v) is 8.29. The highest BCUT2D eigenvalue weighted by Gasteiger charge is 2.19. The van der Waals surface area contributed by atoms with Crippen LogP contribution in [0.5, 0.6) is 0 Å². The molecule has 5 rings (SSSR count). The van der Waals surface area contributed by atoms with E-state index < -0.39 is 0 Å². The van der Waals surface area contributed by atoms with Crippen molar-refractivity contribution < 1.29 is 4.39 Å². The minimum atomic E-state index is -0.312. The van der Waals surface area contributed by atoms with E-state index in [0.29, 0.717) is 33.5 Å². The van der Waals surface area contributed by atoms with Crippen LogP contribution in [-0.2, 0) is 0 Å². The van der Waals surface area contributed by atoms with E-state index in [1.54, 1.807) is 28.9 Å². The maximum Gasteiger partial charge on any atom is 0.225 e. The van der Waals surface area contributed by atoms with Gasteiger partial charge in [0.15, 0.2) is 5.65 Å². The molecule has 0 saturated carbocycles. The predicted molar refractivity (Wildman–Crippen MR) is 126 cm³/mol. The smallest absolute Gasteiger partial charge is 0.225 e. The molecule has 0 bridgehead atoms. The molecule has 0 amide bonds. The third-order valence-electron chi connectivity index (χ3n) is 5.67. The van der Waals surface area contributed by atoms with E-state index >= 15 is 0 Å². The van der Waals surface area contributed by atoms with Gasteiger partial charge in [-0.25, -0.2) is 14.1 Å². The largest absolute Gasteiger partial charge is 0.383 e. The Balaban J connectivity index is 1.56. The number of aromatic nitrogens is 4. The monoisotopic (exact) mass is 451 g/mol. The number of rotatable bonds is 6. The van der Waals surface area contributed by atoms with Crippen LogP contribution in [0, 0.1) is 5.82 Å². The van der Waals surface area contributed by atoms with Crippen molar-refractivity contribution in [2.45, 2.75) is 12.8 Å². The molecule has 164 valence electrons. The van der Waals surface area contributed by atoms with Crippen molar-refractivity contribution in [3.05, 3.63) is 59.4 Å². The summed E-state index contributed by atoms with van der Waals surface area (Å²) in [4.78, 5) is 11.8. The zero-order valence-electron chi connectivity index (χ0n) is 17.4. The number of nitrogen functional groups attached to an aromatic ring is 1. The summed E-state index contributed by atoms with van der Waals surface area (Å²) in [6, 6.07) is 13.4. The van der Waals surface area contributed by atoms with Gasteiger partial charge in [-0.1, -0.05) is 11.6 Å². The van der Waals surface area contributed by atoms with Crippen LogP contribution in [-0.4, -0.2) is 50.8 Å². The van der Waals surface area contributed by atoms with Gasteiger partial charge in [0.25, 0.3) is 0 Å². The molecule has 3 N–H and O–H groups in total. The lowest BCUT2D eigenvalue weighted by atomic mass is 10.1. The van der Waals surface area contributed by atoms with Crippen molar-refractivity contribution >= 4 is 34.4 Å². The highest BCUT2D eigenvalue weighted by molar-refractivity contribution is 6.30. The molecular weight excluding hydrogens is 429 g/mol. The molecule has 2 aromatic heterocycles. The summed E-state index contributed by atoms with van der Waals surface area (Å²) in [5.41, 5.74) is 9.07. The summed E-state index contributed by atoms with van der Waals surface area (Å²) in [5.74, 6) is 0.565. The molecule has 2 aromatic carbocycles. The molecule has 7 nitrogen and oxygen atoms in total. The number of benzene rings is 2. The number of likely N-dealkylation sites (tertiary alicyclic amines) is 1. The summed E-state index contributed by atoms with van der Waals surface area (Å²) >= 11 is 6.03. The van der Waals surface area contributed by atoms with E-state index in [9.17, 15) is 4.39 Å². The molecule has 1 fully saturated rings. The van der Waals surface area contributed by atoms with Gasteiger partial charge in [-0.2, -0.15) is 4.98 Å². The van der Waals surface area contributed by atoms with Crippen LogP contribution in [0.3, 0.4) is 0 Å². The molecule has 1 aliphatic rings. The molecular formula is C23H23ClFN7. The van der Waals surface area contributed by atoms with Gasteiger partial charge in [0.05, 0.1) is 16.8 Å². The molecule has 1 aliphatic heterocycles. The van der Waals surface area contributed by atoms with Crippen LogP contribution < -0.4 is 11.1 Å². The number of anilines is 2. The number of halogens is 2. The summed E-state index contributed by atoms with van der Waals surface area (Å²) in [5, 5.41) is 9.20. The van der Waals surface area contributed by atoms with Crippen molar-refractivity contribution in [3.8, 4) is 16.9 Å². The van der Waals surface area contributed by atoms with Crippen LogP contribution in [0.1, 0.15) is 12.8 Å². The number of nitrogens with one attached hydrogen (secondary N) is 1. The third-order valence-corrected chi connectivity index (χ3v) is 5.92. The van der Waals surface area contributed by atoms with E-state index in [4.69, 9.17) is 22.3 Å². The Labute approximate surface area is 190 Å². The maximum atomic E-state index is 13.5. The first kappa shape index (κ1) is 20.7. The molecule has 0 unspecified atom stereocenters. The lowest BCUT2D eigenvalue weighted by molar-refractivity contribution is 0.352. The van der Waals surface area contributed by atoms with Crippen molar-refractivity contribution in [2.24, 2.45) is 0 Å². The fourth-order valence-corrected chi connectivity index (χ4v) is 4.14. The Morgan fingerprint density at radius 2 is 1.72 bits per heavy atom. The Kier molecular flexibility index (Phi) is 5.63. The number of fused-ring (bicyclic) bond motifs is 1. The standard InChI is InChI=1S/C23H23ClFN7/c24-16-5-9-18(10-6-16)32-21(26)19-20(15-3-7-17(25)8-4-15)28-23(29-22(19)30-32)27-11-14-31-12-1-2-13-31/h3-10H,1-2,11-14,26H2,(H,27,29,30). The average Bonchev–Trinajstić information content (AvgIpc) is 3.43. The summed E-state index contributed by atoms with van der Waals surface area (Å²) in [6.07, 6.45) is 2.50. The van der Waals surface area contributed by atoms with Crippen molar-refractivity contribution in [1.82, 2.24) is 24.6 Å². The lowest BCUT2D eigenvalue weighted by Crippen LogP contribution is -2.26. The second kappa shape index (κ2) is 8.72. The van der Waals surface area contributed by atoms with Crippen LogP contribution in [0.4, 0.5) is 16.2 Å². The van der Waals surface area contributed by atoms with Gasteiger partial charge in [0, 0.05) is 23.7 Å². The third kappa shape index (κ3) is 4.11. The molecule has 1 saturated heterocycles. The van der Waals surface area contributed by atoms with Crippen molar-refractivity contribution in [1.29, 1.82) is 0 Å². The van der Waals surface area contributed by atoms with Crippen LogP contribution in [0.15, 0.2) is 48.5 Å². The summed E-state index contributed by atoms with van der Waals surface area (Å²) in [6.45, 7) is 3.91. The molecule has 0 radical (unpaired) electrons. The Bertz CT molecular complexity index is 1230. The Hall–Kier alpha value is -3.23. The summed E-state index contributed by atoms with van der Waals surface area (Å²) < 4.78 is 15.2. The van der Waals surface area contributed by atoms with Crippen molar-refractivity contribution in [2.75, 3.05) is 37.2 Å². The number of hydrogen-bond acceptors (Lipinski definition) is 6. The van der Waals surface area contributed by atoms with Gasteiger partial charge >= 0.3 is 0 Å². The normalized spacial score (nSPS) is 14.3. The predicted octanol–water partition coefficient (Wildman–Crippen LogP) is 4.36. The zero-order chi connectivity index (χ0) is 22.1. The van der Waals surface area contributed by atoms with E-state index in [1.807, 2.05) is 12.1 Å². The van der Waals surface area contributed by atoms with Crippen LogP contribution in [0.2, 0.25) is 5.02 Å². The van der Waals surface area contributed by atoms with E-state index in [0.717, 1.165) is 37.4 Å². The van der Waals surface area contributed by atoms with Crippen LogP contribution in [0.25, 0.3) is 28.0 Å². The van der Waals surface area contributed by atoms with Gasteiger partial charge in [0.1, 0.15) is 11.6 Å². The zero-order valence-corrected chi connectivity index (χ0v) is 18.2. The quantitative estimate of drug-likeness (QED) is 0.453. The van der Waals surface area contributed by atoms with Gasteiger partial charge in [-0.05, 0) is 74.5 Å². The van der Waals surface area contributed by atoms with Gasteiger partial charge in [0.2, 0.25) is 5.95 Å². The molecule has 3 heterocycles. The molecule has 32 heavy (non-hydrogen) atoms. The molecule has 9 heteroatoms. The summed E-state index contributed by atoms with van der Waals surface area (Å²) in [7, 11) is 0. The first-order valence-electron chi connectivity index (χ1n) is 10.6. The molecule has 4 aromatic rings. The van der Waals surface area contributed by atoms with E-state index in [-0.39, 0.29) is 5.82 Å².